The Morgan fingerprint density at radius 1 is 1.09 bits per heavy atom. The maximum Gasteiger partial charge on any atom is 0.410 e. The monoisotopic (exact) mass is 491 g/mol. The molecule has 4 rings (SSSR count). The molecule has 172 valence electrons. The summed E-state index contributed by atoms with van der Waals surface area (Å²) in [5, 5.41) is 12.2. The minimum Gasteiger partial charge on any atom is -0.439 e. The Balaban J connectivity index is 1.40. The van der Waals surface area contributed by atoms with Crippen molar-refractivity contribution in [2.75, 3.05) is 13.1 Å². The van der Waals surface area contributed by atoms with Crippen LogP contribution in [0.15, 0.2) is 48.8 Å². The second-order valence-corrected chi connectivity index (χ2v) is 8.48. The molecule has 1 aliphatic rings. The summed E-state index contributed by atoms with van der Waals surface area (Å²) in [5.41, 5.74) is 1.11. The molecule has 0 spiro atoms. The number of carbonyl (C=O) groups excluding carboxylic acids is 2. The van der Waals surface area contributed by atoms with Crippen LogP contribution in [-0.2, 0) is 11.3 Å². The summed E-state index contributed by atoms with van der Waals surface area (Å²) in [6, 6.07) is 10.5. The smallest absolute Gasteiger partial charge is 0.410 e. The van der Waals surface area contributed by atoms with Crippen LogP contribution in [0.4, 0.5) is 9.18 Å². The zero-order chi connectivity index (χ0) is 23.4. The quantitative estimate of drug-likeness (QED) is 0.468. The van der Waals surface area contributed by atoms with Gasteiger partial charge in [-0.05, 0) is 60.0 Å². The summed E-state index contributed by atoms with van der Waals surface area (Å²) in [4.78, 5) is 28.5. The molecular formula is C22H20Cl2FN5O3. The molecule has 0 aliphatic carbocycles. The highest BCUT2D eigenvalue weighted by Crippen LogP contribution is 2.29. The van der Waals surface area contributed by atoms with Gasteiger partial charge < -0.3 is 9.64 Å². The predicted octanol–water partition coefficient (Wildman–Crippen LogP) is 4.59. The molecule has 11 heteroatoms. The Bertz CT molecular complexity index is 1120. The van der Waals surface area contributed by atoms with Gasteiger partial charge >= 0.3 is 6.09 Å². The van der Waals surface area contributed by atoms with Crippen molar-refractivity contribution in [2.24, 2.45) is 5.92 Å². The molecular weight excluding hydrogens is 472 g/mol. The highest BCUT2D eigenvalue weighted by Gasteiger charge is 2.30. The molecule has 1 unspecified atom stereocenters. The van der Waals surface area contributed by atoms with Crippen LogP contribution >= 0.6 is 23.2 Å². The van der Waals surface area contributed by atoms with Gasteiger partial charge in [0.25, 0.3) is 0 Å². The lowest BCUT2D eigenvalue weighted by molar-refractivity contribution is 0.0407. The summed E-state index contributed by atoms with van der Waals surface area (Å²) in [6.45, 7) is 0.876. The van der Waals surface area contributed by atoms with E-state index < -0.39 is 12.2 Å². The predicted molar refractivity (Wildman–Crippen MR) is 119 cm³/mol. The van der Waals surface area contributed by atoms with Crippen LogP contribution < -0.4 is 0 Å². The summed E-state index contributed by atoms with van der Waals surface area (Å²) < 4.78 is 18.9. The van der Waals surface area contributed by atoms with Gasteiger partial charge in [0.2, 0.25) is 0 Å². The SMILES string of the molecule is O=C(c1ccc(F)cc1)C1CCN(C(=O)OC(Cn2ncnn2)c2ccc(Cl)c(Cl)c2)CC1. The largest absolute Gasteiger partial charge is 0.439 e. The summed E-state index contributed by atoms with van der Waals surface area (Å²) in [6.07, 6.45) is 1.04. The number of piperidine rings is 1. The van der Waals surface area contributed by atoms with E-state index in [0.29, 0.717) is 47.1 Å². The fourth-order valence-corrected chi connectivity index (χ4v) is 4.02. The number of aromatic nitrogens is 4. The average Bonchev–Trinajstić information content (AvgIpc) is 3.34. The van der Waals surface area contributed by atoms with E-state index in [0.717, 1.165) is 0 Å². The van der Waals surface area contributed by atoms with Crippen LogP contribution in [0.25, 0.3) is 0 Å². The number of halogens is 3. The number of Topliss-reactive ketones (excluding diaryl/α,β-unsaturated/α-hetero) is 1. The van der Waals surface area contributed by atoms with Crippen LogP contribution in [0, 0.1) is 11.7 Å². The number of rotatable bonds is 6. The molecule has 1 amide bonds. The molecule has 0 N–H and O–H groups in total. The van der Waals surface area contributed by atoms with E-state index in [1.54, 1.807) is 23.1 Å². The summed E-state index contributed by atoms with van der Waals surface area (Å²) in [5.74, 6) is -0.666. The number of hydrogen-bond acceptors (Lipinski definition) is 6. The van der Waals surface area contributed by atoms with Gasteiger partial charge in [0, 0.05) is 24.6 Å². The van der Waals surface area contributed by atoms with Crippen molar-refractivity contribution in [1.29, 1.82) is 0 Å². The Hall–Kier alpha value is -3.04. The molecule has 1 fully saturated rings. The van der Waals surface area contributed by atoms with Crippen molar-refractivity contribution in [3.8, 4) is 0 Å². The Kier molecular flexibility index (Phi) is 7.20. The second-order valence-electron chi connectivity index (χ2n) is 7.67. The number of benzene rings is 2. The molecule has 1 saturated heterocycles. The van der Waals surface area contributed by atoms with Gasteiger partial charge in [0.15, 0.2) is 18.2 Å². The molecule has 2 aromatic carbocycles. The van der Waals surface area contributed by atoms with Crippen molar-refractivity contribution in [1.82, 2.24) is 25.1 Å². The number of ketones is 1. The molecule has 1 aromatic heterocycles. The first-order chi connectivity index (χ1) is 15.9. The van der Waals surface area contributed by atoms with Crippen LogP contribution in [0.3, 0.4) is 0 Å². The molecule has 3 aromatic rings. The number of hydrogen-bond donors (Lipinski definition) is 0. The molecule has 0 bridgehead atoms. The van der Waals surface area contributed by atoms with Crippen molar-refractivity contribution < 1.29 is 18.7 Å². The molecule has 1 aliphatic heterocycles. The maximum atomic E-state index is 13.1. The van der Waals surface area contributed by atoms with Gasteiger partial charge in [-0.15, -0.1) is 10.2 Å². The number of nitrogens with zero attached hydrogens (tertiary/aromatic N) is 5. The molecule has 0 radical (unpaired) electrons. The fraction of sp³-hybridized carbons (Fsp3) is 0.318. The third kappa shape index (κ3) is 5.66. The third-order valence-electron chi connectivity index (χ3n) is 5.53. The van der Waals surface area contributed by atoms with Gasteiger partial charge in [-0.3, -0.25) is 4.79 Å². The first-order valence-corrected chi connectivity index (χ1v) is 11.1. The van der Waals surface area contributed by atoms with Gasteiger partial charge in [0.05, 0.1) is 10.0 Å². The lowest BCUT2D eigenvalue weighted by Crippen LogP contribution is -2.41. The van der Waals surface area contributed by atoms with E-state index in [1.807, 2.05) is 0 Å². The minimum atomic E-state index is -0.722. The van der Waals surface area contributed by atoms with Crippen molar-refractivity contribution in [3.05, 3.63) is 75.8 Å². The zero-order valence-electron chi connectivity index (χ0n) is 17.4. The lowest BCUT2D eigenvalue weighted by Gasteiger charge is -2.32. The van der Waals surface area contributed by atoms with E-state index in [4.69, 9.17) is 27.9 Å². The van der Waals surface area contributed by atoms with E-state index in [1.165, 1.54) is 35.4 Å². The molecule has 0 saturated carbocycles. The summed E-state index contributed by atoms with van der Waals surface area (Å²) in [7, 11) is 0. The number of amides is 1. The summed E-state index contributed by atoms with van der Waals surface area (Å²) >= 11 is 12.2. The van der Waals surface area contributed by atoms with Crippen LogP contribution in [0.5, 0.6) is 0 Å². The normalized spacial score (nSPS) is 15.3. The highest BCUT2D eigenvalue weighted by molar-refractivity contribution is 6.42. The number of tetrazole rings is 1. The van der Waals surface area contributed by atoms with Crippen LogP contribution in [0.1, 0.15) is 34.9 Å². The van der Waals surface area contributed by atoms with Crippen molar-refractivity contribution >= 4 is 35.1 Å². The minimum absolute atomic E-state index is 0.0473. The number of carbonyl (C=O) groups is 2. The first kappa shape index (κ1) is 23.1. The van der Waals surface area contributed by atoms with Crippen LogP contribution in [-0.4, -0.2) is 50.1 Å². The third-order valence-corrected chi connectivity index (χ3v) is 6.27. The van der Waals surface area contributed by atoms with Gasteiger partial charge in [-0.25, -0.2) is 9.18 Å². The first-order valence-electron chi connectivity index (χ1n) is 10.3. The highest BCUT2D eigenvalue weighted by atomic mass is 35.5. The molecule has 2 heterocycles. The average molecular weight is 492 g/mol. The number of ether oxygens (including phenoxy) is 1. The standard InChI is InChI=1S/C22H20Cl2FN5O3/c23-18-6-3-16(11-19(18)24)20(12-30-27-13-26-28-30)33-22(32)29-9-7-15(8-10-29)21(31)14-1-4-17(25)5-2-14/h1-6,11,13,15,20H,7-10,12H2. The molecule has 8 nitrogen and oxygen atoms in total. The van der Waals surface area contributed by atoms with Crippen LogP contribution in [0.2, 0.25) is 10.0 Å². The van der Waals surface area contributed by atoms with E-state index in [-0.39, 0.29) is 24.1 Å². The van der Waals surface area contributed by atoms with Gasteiger partial charge in [0.1, 0.15) is 12.4 Å². The van der Waals surface area contributed by atoms with E-state index in [9.17, 15) is 14.0 Å². The van der Waals surface area contributed by atoms with Crippen molar-refractivity contribution in [3.63, 3.8) is 0 Å². The zero-order valence-corrected chi connectivity index (χ0v) is 18.9. The molecule has 1 atom stereocenters. The van der Waals surface area contributed by atoms with E-state index >= 15 is 0 Å². The van der Waals surface area contributed by atoms with Gasteiger partial charge in [-0.1, -0.05) is 29.3 Å². The Morgan fingerprint density at radius 2 is 1.82 bits per heavy atom. The Labute approximate surface area is 199 Å². The fourth-order valence-electron chi connectivity index (χ4n) is 3.71. The van der Waals surface area contributed by atoms with Gasteiger partial charge in [-0.2, -0.15) is 4.80 Å². The maximum absolute atomic E-state index is 13.1. The Morgan fingerprint density at radius 3 is 2.45 bits per heavy atom. The number of likely N-dealkylation sites (tertiary alicyclic amines) is 1. The van der Waals surface area contributed by atoms with Crippen molar-refractivity contribution in [2.45, 2.75) is 25.5 Å². The lowest BCUT2D eigenvalue weighted by atomic mass is 9.89. The van der Waals surface area contributed by atoms with E-state index in [2.05, 4.69) is 15.4 Å². The molecule has 33 heavy (non-hydrogen) atoms. The topological polar surface area (TPSA) is 90.2 Å². The second kappa shape index (κ2) is 10.3.